The number of aromatic nitrogens is 2. The lowest BCUT2D eigenvalue weighted by Gasteiger charge is -2.31. The summed E-state index contributed by atoms with van der Waals surface area (Å²) in [7, 11) is 0. The molecule has 2 aromatic heterocycles. The summed E-state index contributed by atoms with van der Waals surface area (Å²) < 4.78 is 11.5. The van der Waals surface area contributed by atoms with Crippen LogP contribution < -0.4 is 15.6 Å². The lowest BCUT2D eigenvalue weighted by Crippen LogP contribution is -2.42. The van der Waals surface area contributed by atoms with Crippen molar-refractivity contribution in [3.05, 3.63) is 40.0 Å². The summed E-state index contributed by atoms with van der Waals surface area (Å²) >= 11 is 1.34. The van der Waals surface area contributed by atoms with Crippen LogP contribution >= 0.6 is 11.3 Å². The molecule has 0 saturated carbocycles. The molecule has 0 spiro atoms. The van der Waals surface area contributed by atoms with E-state index in [2.05, 4.69) is 15.3 Å². The molecule has 3 heterocycles. The van der Waals surface area contributed by atoms with E-state index in [9.17, 15) is 14.4 Å². The number of urea groups is 1. The van der Waals surface area contributed by atoms with Gasteiger partial charge < -0.3 is 24.7 Å². The Labute approximate surface area is 201 Å². The van der Waals surface area contributed by atoms with Crippen LogP contribution in [-0.2, 0) is 9.53 Å². The second kappa shape index (κ2) is 10.7. The smallest absolute Gasteiger partial charge is 0.321 e. The van der Waals surface area contributed by atoms with Gasteiger partial charge in [-0.1, -0.05) is 6.92 Å². The topological polar surface area (TPSA) is 114 Å². The first-order chi connectivity index (χ1) is 16.5. The predicted molar refractivity (Wildman–Crippen MR) is 131 cm³/mol. The number of hydrogen-bond acceptors (Lipinski definition) is 7. The number of likely N-dealkylation sites (tertiary alicyclic amines) is 1. The normalized spacial score (nSPS) is 14.2. The average molecular weight is 485 g/mol. The maximum absolute atomic E-state index is 12.9. The van der Waals surface area contributed by atoms with Crippen molar-refractivity contribution in [2.75, 3.05) is 31.6 Å². The molecule has 1 aliphatic heterocycles. The fraction of sp³-hybridized carbons (Fsp3) is 0.417. The maximum Gasteiger partial charge on any atom is 0.321 e. The van der Waals surface area contributed by atoms with Gasteiger partial charge in [0.2, 0.25) is 0 Å². The van der Waals surface area contributed by atoms with Gasteiger partial charge in [0.1, 0.15) is 16.3 Å². The van der Waals surface area contributed by atoms with Crippen LogP contribution in [0.4, 0.5) is 10.5 Å². The highest BCUT2D eigenvalue weighted by Gasteiger charge is 2.28. The highest BCUT2D eigenvalue weighted by molar-refractivity contribution is 7.17. The number of benzene rings is 1. The Kier molecular flexibility index (Phi) is 7.46. The number of fused-ring (bicyclic) bond motifs is 1. The van der Waals surface area contributed by atoms with Crippen molar-refractivity contribution in [1.82, 2.24) is 14.9 Å². The molecule has 180 valence electrons. The number of nitrogens with one attached hydrogen (secondary N) is 2. The summed E-state index contributed by atoms with van der Waals surface area (Å²) in [6, 6.07) is 6.84. The van der Waals surface area contributed by atoms with Crippen LogP contribution in [0.5, 0.6) is 5.75 Å². The van der Waals surface area contributed by atoms with Crippen molar-refractivity contribution in [3.63, 3.8) is 0 Å². The number of carbonyl (C=O) groups is 2. The van der Waals surface area contributed by atoms with E-state index < -0.39 is 0 Å². The molecule has 0 radical (unpaired) electrons. The summed E-state index contributed by atoms with van der Waals surface area (Å²) in [5.41, 5.74) is 1.56. The molecule has 10 heteroatoms. The first-order valence-corrected chi connectivity index (χ1v) is 12.4. The summed E-state index contributed by atoms with van der Waals surface area (Å²) in [5.74, 6) is 0.598. The van der Waals surface area contributed by atoms with Crippen LogP contribution in [0.2, 0.25) is 0 Å². The lowest BCUT2D eigenvalue weighted by molar-refractivity contribution is -0.149. The maximum atomic E-state index is 12.9. The molecule has 2 N–H and O–H groups in total. The lowest BCUT2D eigenvalue weighted by atomic mass is 9.97. The van der Waals surface area contributed by atoms with Crippen molar-refractivity contribution in [2.24, 2.45) is 5.92 Å². The highest BCUT2D eigenvalue weighted by Crippen LogP contribution is 2.32. The highest BCUT2D eigenvalue weighted by atomic mass is 32.1. The molecule has 3 aromatic rings. The molecule has 1 saturated heterocycles. The van der Waals surface area contributed by atoms with Gasteiger partial charge in [0.25, 0.3) is 5.56 Å². The second-order valence-electron chi connectivity index (χ2n) is 8.05. The Hall–Kier alpha value is -3.40. The molecule has 1 aromatic carbocycles. The van der Waals surface area contributed by atoms with Crippen molar-refractivity contribution in [2.45, 2.75) is 33.1 Å². The Morgan fingerprint density at radius 1 is 1.24 bits per heavy atom. The van der Waals surface area contributed by atoms with Gasteiger partial charge in [-0.05, 0) is 55.8 Å². The SMILES string of the molecule is CCCOc1ccc(NC(=O)N2CCC(C(=O)OCC)CC2)cc1-c1nc2ccsc2c(=O)[nH]1. The van der Waals surface area contributed by atoms with Crippen LogP contribution in [0.15, 0.2) is 34.4 Å². The zero-order valence-corrected chi connectivity index (χ0v) is 20.1. The number of ether oxygens (including phenoxy) is 2. The molecular weight excluding hydrogens is 456 g/mol. The van der Waals surface area contributed by atoms with E-state index in [1.165, 1.54) is 11.3 Å². The van der Waals surface area contributed by atoms with Gasteiger partial charge in [-0.3, -0.25) is 9.59 Å². The quantitative estimate of drug-likeness (QED) is 0.485. The number of anilines is 1. The molecule has 0 atom stereocenters. The van der Waals surface area contributed by atoms with Crippen LogP contribution in [0.3, 0.4) is 0 Å². The Balaban J connectivity index is 1.53. The zero-order valence-electron chi connectivity index (χ0n) is 19.3. The van der Waals surface area contributed by atoms with E-state index in [0.717, 1.165) is 6.42 Å². The fourth-order valence-corrected chi connectivity index (χ4v) is 4.64. The summed E-state index contributed by atoms with van der Waals surface area (Å²) in [4.78, 5) is 46.4. The van der Waals surface area contributed by atoms with Crippen LogP contribution in [0.1, 0.15) is 33.1 Å². The van der Waals surface area contributed by atoms with E-state index >= 15 is 0 Å². The van der Waals surface area contributed by atoms with E-state index in [1.807, 2.05) is 12.3 Å². The van der Waals surface area contributed by atoms with Gasteiger partial charge in [0.15, 0.2) is 0 Å². The first-order valence-electron chi connectivity index (χ1n) is 11.5. The number of thiophene rings is 1. The van der Waals surface area contributed by atoms with E-state index in [0.29, 0.717) is 72.2 Å². The fourth-order valence-electron chi connectivity index (χ4n) is 3.91. The van der Waals surface area contributed by atoms with Gasteiger partial charge in [-0.15, -0.1) is 11.3 Å². The Bertz CT molecular complexity index is 1230. The minimum Gasteiger partial charge on any atom is -0.493 e. The van der Waals surface area contributed by atoms with Gasteiger partial charge in [-0.2, -0.15) is 0 Å². The molecule has 0 aliphatic carbocycles. The van der Waals surface area contributed by atoms with Gasteiger partial charge in [0.05, 0.1) is 30.2 Å². The van der Waals surface area contributed by atoms with E-state index in [4.69, 9.17) is 9.47 Å². The predicted octanol–water partition coefficient (Wildman–Crippen LogP) is 4.25. The number of hydrogen-bond donors (Lipinski definition) is 2. The van der Waals surface area contributed by atoms with E-state index in [-0.39, 0.29) is 23.5 Å². The van der Waals surface area contributed by atoms with Gasteiger partial charge in [-0.25, -0.2) is 9.78 Å². The van der Waals surface area contributed by atoms with Crippen LogP contribution in [0.25, 0.3) is 21.6 Å². The summed E-state index contributed by atoms with van der Waals surface area (Å²) in [6.07, 6.45) is 1.98. The number of piperidine rings is 1. The summed E-state index contributed by atoms with van der Waals surface area (Å²) in [5, 5.41) is 4.74. The number of nitrogens with zero attached hydrogens (tertiary/aromatic N) is 2. The minimum absolute atomic E-state index is 0.166. The number of aromatic amines is 1. The van der Waals surface area contributed by atoms with Crippen LogP contribution in [-0.4, -0.2) is 53.2 Å². The van der Waals surface area contributed by atoms with Crippen molar-refractivity contribution >= 4 is 39.2 Å². The van der Waals surface area contributed by atoms with Crippen molar-refractivity contribution in [1.29, 1.82) is 0 Å². The molecule has 2 amide bonds. The standard InChI is InChI=1S/C24H28N4O5S/c1-3-12-33-19-6-5-16(14-17(19)21-26-18-9-13-34-20(18)22(29)27-21)25-24(31)28-10-7-15(8-11-28)23(30)32-4-2/h5-6,9,13-15H,3-4,7-8,10-12H2,1-2H3,(H,25,31)(H,26,27,29). The number of esters is 1. The minimum atomic E-state index is -0.245. The summed E-state index contributed by atoms with van der Waals surface area (Å²) in [6.45, 7) is 5.62. The molecule has 4 rings (SSSR count). The molecule has 1 aliphatic rings. The number of H-pyrrole nitrogens is 1. The van der Waals surface area contributed by atoms with Gasteiger partial charge in [0, 0.05) is 18.8 Å². The zero-order chi connectivity index (χ0) is 24.1. The molecule has 34 heavy (non-hydrogen) atoms. The molecular formula is C24H28N4O5S. The molecule has 0 bridgehead atoms. The number of rotatable bonds is 7. The number of amides is 2. The molecule has 1 fully saturated rings. The van der Waals surface area contributed by atoms with E-state index in [1.54, 1.807) is 36.1 Å². The van der Waals surface area contributed by atoms with Crippen molar-refractivity contribution in [3.8, 4) is 17.1 Å². The van der Waals surface area contributed by atoms with Gasteiger partial charge >= 0.3 is 12.0 Å². The third-order valence-corrected chi connectivity index (χ3v) is 6.57. The third kappa shape index (κ3) is 5.22. The Morgan fingerprint density at radius 2 is 2.03 bits per heavy atom. The monoisotopic (exact) mass is 484 g/mol. The average Bonchev–Trinajstić information content (AvgIpc) is 3.33. The molecule has 0 unspecified atom stereocenters. The number of carbonyl (C=O) groups excluding carboxylic acids is 2. The largest absolute Gasteiger partial charge is 0.493 e. The first kappa shape index (κ1) is 23.7. The van der Waals surface area contributed by atoms with Crippen LogP contribution in [0, 0.1) is 5.92 Å². The Morgan fingerprint density at radius 3 is 2.76 bits per heavy atom. The second-order valence-corrected chi connectivity index (χ2v) is 8.97. The molecule has 9 nitrogen and oxygen atoms in total. The van der Waals surface area contributed by atoms with Crippen molar-refractivity contribution < 1.29 is 19.1 Å². The third-order valence-electron chi connectivity index (χ3n) is 5.66.